The minimum atomic E-state index is 0.00933. The van der Waals surface area contributed by atoms with Gasteiger partial charge in [-0.15, -0.1) is 0 Å². The molecule has 2 N–H and O–H groups in total. The van der Waals surface area contributed by atoms with Gasteiger partial charge in [-0.25, -0.2) is 0 Å². The highest BCUT2D eigenvalue weighted by Crippen LogP contribution is 2.46. The summed E-state index contributed by atoms with van der Waals surface area (Å²) in [6.07, 6.45) is 27.5. The monoisotopic (exact) mass is 779 g/mol. The molecule has 0 bridgehead atoms. The third-order valence-corrected chi connectivity index (χ3v) is 11.9. The molecule has 0 aromatic heterocycles. The van der Waals surface area contributed by atoms with Gasteiger partial charge in [0, 0.05) is 12.6 Å². The number of hydrogen-bond donors (Lipinski definition) is 2. The van der Waals surface area contributed by atoms with Gasteiger partial charge in [0.2, 0.25) is 0 Å². The molecular weight excluding hydrogens is 701 g/mol. The second-order valence-corrected chi connectivity index (χ2v) is 18.3. The maximum Gasteiger partial charge on any atom is 0.262 e. The third kappa shape index (κ3) is 16.9. The molecule has 304 valence electrons. The van der Waals surface area contributed by atoms with Crippen molar-refractivity contribution >= 4 is 34.8 Å². The molecule has 0 aliphatic heterocycles. The summed E-state index contributed by atoms with van der Waals surface area (Å²) in [6, 6.07) is 13.4. The van der Waals surface area contributed by atoms with Crippen LogP contribution in [-0.2, 0) is 25.7 Å². The Bertz CT molecular complexity index is 1390. The number of hydrogen-bond acceptors (Lipinski definition) is 4. The summed E-state index contributed by atoms with van der Waals surface area (Å²) < 4.78 is 13.0. The van der Waals surface area contributed by atoms with E-state index >= 15 is 0 Å². The number of unbranched alkanes of at least 4 members (excludes halogenated alkanes) is 12. The summed E-state index contributed by atoms with van der Waals surface area (Å²) in [6.45, 7) is 17.0. The van der Waals surface area contributed by atoms with E-state index in [0.717, 1.165) is 63.0 Å². The van der Waals surface area contributed by atoms with E-state index in [0.29, 0.717) is 10.3 Å². The quantitative estimate of drug-likeness (QED) is 0.0773. The van der Waals surface area contributed by atoms with Crippen LogP contribution in [0.4, 0.5) is 0 Å². The second-order valence-electron chi connectivity index (χ2n) is 17.6. The van der Waals surface area contributed by atoms with Crippen molar-refractivity contribution in [2.75, 3.05) is 6.54 Å². The molecule has 0 radical (unpaired) electrons. The van der Waals surface area contributed by atoms with Crippen molar-refractivity contribution in [1.29, 1.82) is 0 Å². The first-order chi connectivity index (χ1) is 26.0. The molecule has 1 fully saturated rings. The van der Waals surface area contributed by atoms with Gasteiger partial charge in [-0.3, -0.25) is 0 Å². The molecular formula is C48H78N2O2S2. The Morgan fingerprint density at radius 1 is 0.593 bits per heavy atom. The topological polar surface area (TPSA) is 42.5 Å². The summed E-state index contributed by atoms with van der Waals surface area (Å²) >= 11 is 11.8. The number of nitrogens with one attached hydrogen (secondary N) is 2. The number of aryl methyl sites for hydroxylation is 2. The van der Waals surface area contributed by atoms with Crippen LogP contribution in [0.2, 0.25) is 0 Å². The van der Waals surface area contributed by atoms with Gasteiger partial charge in [0.25, 0.3) is 10.3 Å². The van der Waals surface area contributed by atoms with Crippen LogP contribution in [0.25, 0.3) is 0 Å². The Labute approximate surface area is 343 Å². The summed E-state index contributed by atoms with van der Waals surface area (Å²) in [4.78, 5) is 0. The lowest BCUT2D eigenvalue weighted by Crippen LogP contribution is -2.51. The molecule has 6 heteroatoms. The van der Waals surface area contributed by atoms with Crippen LogP contribution < -0.4 is 20.1 Å². The number of ether oxygens (including phenoxy) is 2. The fraction of sp³-hybridized carbons (Fsp3) is 0.708. The van der Waals surface area contributed by atoms with Gasteiger partial charge in [0.1, 0.15) is 11.5 Å². The van der Waals surface area contributed by atoms with Crippen molar-refractivity contribution in [3.8, 4) is 11.5 Å². The van der Waals surface area contributed by atoms with E-state index in [1.165, 1.54) is 125 Å². The molecule has 3 rings (SSSR count). The van der Waals surface area contributed by atoms with Gasteiger partial charge in [0.15, 0.2) is 0 Å². The molecule has 2 aromatic rings. The summed E-state index contributed by atoms with van der Waals surface area (Å²) in [7, 11) is 0. The Morgan fingerprint density at radius 3 is 1.50 bits per heavy atom. The Kier molecular flexibility index (Phi) is 21.5. The van der Waals surface area contributed by atoms with Crippen molar-refractivity contribution in [2.45, 2.75) is 202 Å². The molecule has 0 amide bonds. The fourth-order valence-corrected chi connectivity index (χ4v) is 9.40. The molecule has 54 heavy (non-hydrogen) atoms. The van der Waals surface area contributed by atoms with Crippen molar-refractivity contribution in [3.63, 3.8) is 0 Å². The minimum absolute atomic E-state index is 0.00933. The molecule has 1 saturated carbocycles. The number of thiocarbonyl (C=S) groups is 2. The molecule has 2 aromatic carbocycles. The Morgan fingerprint density at radius 2 is 1.04 bits per heavy atom. The van der Waals surface area contributed by atoms with Gasteiger partial charge in [0.05, 0.1) is 0 Å². The first kappa shape index (κ1) is 46.2. The predicted octanol–water partition coefficient (Wildman–Crippen LogP) is 14.0. The average molecular weight is 779 g/mol. The van der Waals surface area contributed by atoms with E-state index in [2.05, 4.69) is 95.5 Å². The lowest BCUT2D eigenvalue weighted by Gasteiger charge is -2.47. The van der Waals surface area contributed by atoms with Gasteiger partial charge < -0.3 is 20.1 Å². The van der Waals surface area contributed by atoms with E-state index in [1.807, 2.05) is 0 Å². The van der Waals surface area contributed by atoms with Crippen LogP contribution in [-0.4, -0.2) is 22.9 Å². The SMILES string of the molecule is CCCCCCc1cccc(OC(=S)NCC2(C)CC(NC(=S)Oc3cccc(CCCCCC)c3CCCCCC)CC(C)(C)C2)c1CCCCCC. The second kappa shape index (κ2) is 25.1. The Balaban J connectivity index is 1.66. The van der Waals surface area contributed by atoms with E-state index in [-0.39, 0.29) is 16.9 Å². The zero-order chi connectivity index (χ0) is 39.2. The highest BCUT2D eigenvalue weighted by molar-refractivity contribution is 7.80. The number of rotatable bonds is 25. The lowest BCUT2D eigenvalue weighted by molar-refractivity contribution is 0.0787. The summed E-state index contributed by atoms with van der Waals surface area (Å²) in [5.41, 5.74) is 5.72. The lowest BCUT2D eigenvalue weighted by atomic mass is 9.62. The minimum Gasteiger partial charge on any atom is -0.432 e. The largest absolute Gasteiger partial charge is 0.432 e. The van der Waals surface area contributed by atoms with Crippen LogP contribution in [0.1, 0.15) is 193 Å². The number of benzene rings is 2. The highest BCUT2D eigenvalue weighted by Gasteiger charge is 2.41. The van der Waals surface area contributed by atoms with E-state index in [1.54, 1.807) is 0 Å². The zero-order valence-corrected chi connectivity index (χ0v) is 37.3. The highest BCUT2D eigenvalue weighted by atomic mass is 32.1. The molecule has 0 spiro atoms. The maximum absolute atomic E-state index is 6.54. The molecule has 2 atom stereocenters. The van der Waals surface area contributed by atoms with Crippen molar-refractivity contribution in [2.24, 2.45) is 10.8 Å². The van der Waals surface area contributed by atoms with Gasteiger partial charge in [-0.05, 0) is 140 Å². The Hall–Kier alpha value is -2.18. The molecule has 1 aliphatic rings. The molecule has 4 nitrogen and oxygen atoms in total. The van der Waals surface area contributed by atoms with Crippen LogP contribution in [0.3, 0.4) is 0 Å². The van der Waals surface area contributed by atoms with Crippen LogP contribution in [0.15, 0.2) is 36.4 Å². The standard InChI is InChI=1S/C48H78N2O2S2/c1-8-12-16-20-26-38-28-24-32-43(41(38)30-22-18-14-10-3)51-45(53)49-37-48(7)35-40(34-47(5,6)36-48)50-46(54)52-44-33-25-29-39(27-21-17-13-9-2)42(44)31-23-19-15-11-4/h24-25,28-29,32-33,40H,8-23,26-27,30-31,34-37H2,1-7H3,(H,49,53)(H,50,54). The summed E-state index contributed by atoms with van der Waals surface area (Å²) in [5.74, 6) is 1.87. The van der Waals surface area contributed by atoms with E-state index < -0.39 is 0 Å². The molecule has 1 aliphatic carbocycles. The molecule has 2 unspecified atom stereocenters. The van der Waals surface area contributed by atoms with Gasteiger partial charge >= 0.3 is 0 Å². The maximum atomic E-state index is 6.54. The third-order valence-electron chi connectivity index (χ3n) is 11.5. The summed E-state index contributed by atoms with van der Waals surface area (Å²) in [5, 5.41) is 8.20. The van der Waals surface area contributed by atoms with Crippen LogP contribution in [0, 0.1) is 10.8 Å². The van der Waals surface area contributed by atoms with E-state index in [9.17, 15) is 0 Å². The van der Waals surface area contributed by atoms with Crippen molar-refractivity contribution in [3.05, 3.63) is 58.7 Å². The fourth-order valence-electron chi connectivity index (χ4n) is 8.98. The van der Waals surface area contributed by atoms with Crippen molar-refractivity contribution in [1.82, 2.24) is 10.6 Å². The average Bonchev–Trinajstić information content (AvgIpc) is 3.12. The molecule has 0 heterocycles. The predicted molar refractivity (Wildman–Crippen MR) is 241 cm³/mol. The normalized spacial score (nSPS) is 17.9. The first-order valence-electron chi connectivity index (χ1n) is 22.2. The van der Waals surface area contributed by atoms with Gasteiger partial charge in [-0.2, -0.15) is 0 Å². The van der Waals surface area contributed by atoms with E-state index in [4.69, 9.17) is 33.9 Å². The zero-order valence-electron chi connectivity index (χ0n) is 35.6. The molecule has 0 saturated heterocycles. The van der Waals surface area contributed by atoms with Crippen LogP contribution in [0.5, 0.6) is 11.5 Å². The first-order valence-corrected chi connectivity index (χ1v) is 23.0. The van der Waals surface area contributed by atoms with Crippen molar-refractivity contribution < 1.29 is 9.47 Å². The van der Waals surface area contributed by atoms with Crippen LogP contribution >= 0.6 is 24.4 Å². The van der Waals surface area contributed by atoms with Gasteiger partial charge in [-0.1, -0.05) is 150 Å². The smallest absolute Gasteiger partial charge is 0.262 e.